The SMILES string of the molecule is CC/C=C\C/C=C\C/C=C\C/C=C\C/C=C\CCCCCC(=O)NC(COC1OC(CO)C(OC2OC(CO)C(OC3OC(CO)C(O)C(O)C3O)C(O)C2O)C(O)C1O)C(O)CCCCCCCCCCCCCCCCCCC. The summed E-state index contributed by atoms with van der Waals surface area (Å²) in [4.78, 5) is 13.4. The molecule has 0 aromatic carbocycles. The molecule has 3 fully saturated rings. The molecule has 19 nitrogen and oxygen atoms in total. The van der Waals surface area contributed by atoms with E-state index < -0.39 is 124 Å². The first-order chi connectivity index (χ1) is 39.3. The van der Waals surface area contributed by atoms with Crippen LogP contribution in [-0.2, 0) is 33.2 Å². The molecule has 0 saturated carbocycles. The number of aliphatic hydroxyl groups excluding tert-OH is 11. The van der Waals surface area contributed by atoms with Gasteiger partial charge in [-0.2, -0.15) is 0 Å². The summed E-state index contributed by atoms with van der Waals surface area (Å²) in [5.74, 6) is -0.276. The Bertz CT molecular complexity index is 1710. The van der Waals surface area contributed by atoms with Crippen LogP contribution in [0.25, 0.3) is 0 Å². The smallest absolute Gasteiger partial charge is 0.220 e. The van der Waals surface area contributed by atoms with E-state index in [1.807, 2.05) is 0 Å². The fraction of sp³-hybridized carbons (Fsp3) is 0.823. The van der Waals surface area contributed by atoms with E-state index in [1.54, 1.807) is 0 Å². The molecule has 470 valence electrons. The second-order valence-electron chi connectivity index (χ2n) is 22.1. The Morgan fingerprint density at radius 1 is 0.457 bits per heavy atom. The van der Waals surface area contributed by atoms with Gasteiger partial charge in [0.1, 0.15) is 73.2 Å². The number of hydrogen-bond acceptors (Lipinski definition) is 18. The van der Waals surface area contributed by atoms with Gasteiger partial charge in [-0.05, 0) is 57.8 Å². The summed E-state index contributed by atoms with van der Waals surface area (Å²) < 4.78 is 34.3. The van der Waals surface area contributed by atoms with E-state index in [1.165, 1.54) is 83.5 Å². The highest BCUT2D eigenvalue weighted by Crippen LogP contribution is 2.33. The number of aliphatic hydroxyl groups is 11. The lowest BCUT2D eigenvalue weighted by Gasteiger charge is -2.48. The monoisotopic (exact) mass is 1160 g/mol. The highest BCUT2D eigenvalue weighted by Gasteiger charge is 2.53. The molecule has 0 bridgehead atoms. The molecule has 3 aliphatic rings. The quantitative estimate of drug-likeness (QED) is 0.0244. The predicted octanol–water partition coefficient (Wildman–Crippen LogP) is 6.04. The van der Waals surface area contributed by atoms with Crippen LogP contribution in [0.1, 0.15) is 194 Å². The average Bonchev–Trinajstić information content (AvgIpc) is 3.51. The van der Waals surface area contributed by atoms with E-state index in [9.17, 15) is 61.0 Å². The molecule has 3 rings (SSSR count). The first-order valence-electron chi connectivity index (χ1n) is 31.0. The highest BCUT2D eigenvalue weighted by molar-refractivity contribution is 5.76. The fourth-order valence-electron chi connectivity index (χ4n) is 10.3. The van der Waals surface area contributed by atoms with Crippen molar-refractivity contribution in [3.63, 3.8) is 0 Å². The number of unbranched alkanes of at least 4 members (excludes halogenated alkanes) is 19. The van der Waals surface area contributed by atoms with E-state index in [-0.39, 0.29) is 18.9 Å². The molecule has 19 heteroatoms. The van der Waals surface area contributed by atoms with Crippen molar-refractivity contribution in [3.8, 4) is 0 Å². The maximum atomic E-state index is 13.4. The van der Waals surface area contributed by atoms with Crippen LogP contribution in [0.4, 0.5) is 0 Å². The molecular formula is C62H109NO18. The third-order valence-corrected chi connectivity index (χ3v) is 15.4. The topological polar surface area (TPSA) is 307 Å². The number of hydrogen-bond donors (Lipinski definition) is 12. The van der Waals surface area contributed by atoms with Crippen molar-refractivity contribution in [2.75, 3.05) is 26.4 Å². The molecule has 0 spiro atoms. The fourth-order valence-corrected chi connectivity index (χ4v) is 10.3. The molecule has 17 unspecified atom stereocenters. The van der Waals surface area contributed by atoms with Gasteiger partial charge in [0.2, 0.25) is 5.91 Å². The van der Waals surface area contributed by atoms with Gasteiger partial charge < -0.3 is 89.9 Å². The lowest BCUT2D eigenvalue weighted by atomic mass is 9.96. The van der Waals surface area contributed by atoms with Crippen LogP contribution < -0.4 is 5.32 Å². The molecule has 81 heavy (non-hydrogen) atoms. The maximum absolute atomic E-state index is 13.4. The van der Waals surface area contributed by atoms with Gasteiger partial charge in [0.15, 0.2) is 18.9 Å². The van der Waals surface area contributed by atoms with Gasteiger partial charge in [0, 0.05) is 6.42 Å². The number of rotatable bonds is 45. The van der Waals surface area contributed by atoms with Gasteiger partial charge in [-0.15, -0.1) is 0 Å². The standard InChI is InChI=1S/C62H109NO18/c1-3-5-7-9-11-13-15-17-19-21-22-24-26-28-30-32-34-36-38-40-50(68)63-45(46(67)39-37-35-33-31-29-27-25-23-20-18-16-14-12-10-8-6-4-2)44-76-60-56(74)53(71)58(48(42-65)78-60)81-62-57(75)54(72)59(49(43-66)79-62)80-61-55(73)52(70)51(69)47(41-64)77-61/h5,7,11,13,17,19,22,24,28,30,45-49,51-62,64-67,69-75H,3-4,6,8-10,12,14-16,18,20-21,23,25-27,29,31-44H2,1-2H3,(H,63,68)/b7-5-,13-11-,19-17-,24-22-,30-28-. The van der Waals surface area contributed by atoms with Crippen molar-refractivity contribution >= 4 is 5.91 Å². The lowest BCUT2D eigenvalue weighted by molar-refractivity contribution is -0.379. The van der Waals surface area contributed by atoms with Gasteiger partial charge in [0.25, 0.3) is 0 Å². The molecule has 1 amide bonds. The number of ether oxygens (including phenoxy) is 6. The minimum absolute atomic E-state index is 0.225. The third-order valence-electron chi connectivity index (χ3n) is 15.4. The van der Waals surface area contributed by atoms with E-state index in [0.29, 0.717) is 12.8 Å². The molecule has 17 atom stereocenters. The number of carbonyl (C=O) groups excluding carboxylic acids is 1. The zero-order valence-corrected chi connectivity index (χ0v) is 49.0. The minimum atomic E-state index is -1.98. The van der Waals surface area contributed by atoms with Crippen molar-refractivity contribution < 1.29 is 89.4 Å². The first-order valence-corrected chi connectivity index (χ1v) is 31.0. The second-order valence-corrected chi connectivity index (χ2v) is 22.1. The molecule has 0 aromatic rings. The molecule has 0 aliphatic carbocycles. The zero-order valence-electron chi connectivity index (χ0n) is 49.0. The minimum Gasteiger partial charge on any atom is -0.394 e. The predicted molar refractivity (Wildman–Crippen MR) is 309 cm³/mol. The van der Waals surface area contributed by atoms with Gasteiger partial charge in [-0.25, -0.2) is 0 Å². The van der Waals surface area contributed by atoms with Crippen LogP contribution in [-0.4, -0.2) is 193 Å². The Kier molecular flexibility index (Phi) is 40.3. The summed E-state index contributed by atoms with van der Waals surface area (Å²) in [5.41, 5.74) is 0. The second kappa shape index (κ2) is 44.9. The van der Waals surface area contributed by atoms with Crippen molar-refractivity contribution in [1.82, 2.24) is 5.32 Å². The van der Waals surface area contributed by atoms with Gasteiger partial charge in [-0.1, -0.05) is 190 Å². The molecule has 0 radical (unpaired) electrons. The molecular weight excluding hydrogens is 1050 g/mol. The number of allylic oxidation sites excluding steroid dienone is 10. The third kappa shape index (κ3) is 28.5. The van der Waals surface area contributed by atoms with Crippen LogP contribution in [0.5, 0.6) is 0 Å². The number of carbonyl (C=O) groups is 1. The number of nitrogens with one attached hydrogen (secondary N) is 1. The van der Waals surface area contributed by atoms with Crippen molar-refractivity contribution in [3.05, 3.63) is 60.8 Å². The molecule has 12 N–H and O–H groups in total. The van der Waals surface area contributed by atoms with Gasteiger partial charge in [-0.3, -0.25) is 4.79 Å². The van der Waals surface area contributed by atoms with Crippen molar-refractivity contribution in [1.29, 1.82) is 0 Å². The Morgan fingerprint density at radius 2 is 0.852 bits per heavy atom. The Labute approximate surface area is 484 Å². The largest absolute Gasteiger partial charge is 0.394 e. The van der Waals surface area contributed by atoms with E-state index in [0.717, 1.165) is 77.0 Å². The summed E-state index contributed by atoms with van der Waals surface area (Å²) in [5, 5.41) is 120. The van der Waals surface area contributed by atoms with Crippen LogP contribution in [0.15, 0.2) is 60.8 Å². The van der Waals surface area contributed by atoms with Crippen LogP contribution in [0.3, 0.4) is 0 Å². The molecule has 3 aliphatic heterocycles. The normalized spacial score (nSPS) is 30.2. The Morgan fingerprint density at radius 3 is 1.32 bits per heavy atom. The van der Waals surface area contributed by atoms with Crippen molar-refractivity contribution in [2.45, 2.75) is 298 Å². The summed E-state index contributed by atoms with van der Waals surface area (Å²) in [6.07, 6.45) is 24.4. The Hall–Kier alpha value is -2.51. The lowest BCUT2D eigenvalue weighted by Crippen LogP contribution is -2.66. The highest BCUT2D eigenvalue weighted by atomic mass is 16.8. The van der Waals surface area contributed by atoms with Gasteiger partial charge >= 0.3 is 0 Å². The number of amides is 1. The van der Waals surface area contributed by atoms with Gasteiger partial charge in [0.05, 0.1) is 38.6 Å². The molecule has 3 saturated heterocycles. The Balaban J connectivity index is 1.50. The summed E-state index contributed by atoms with van der Waals surface area (Å²) >= 11 is 0. The molecule has 0 aromatic heterocycles. The summed E-state index contributed by atoms with van der Waals surface area (Å²) in [6, 6.07) is -0.907. The summed E-state index contributed by atoms with van der Waals surface area (Å²) in [7, 11) is 0. The van der Waals surface area contributed by atoms with Crippen LogP contribution in [0.2, 0.25) is 0 Å². The van der Waals surface area contributed by atoms with E-state index in [2.05, 4.69) is 79.9 Å². The first kappa shape index (κ1) is 72.7. The van der Waals surface area contributed by atoms with Crippen molar-refractivity contribution in [2.24, 2.45) is 0 Å². The zero-order chi connectivity index (χ0) is 59.0. The van der Waals surface area contributed by atoms with E-state index in [4.69, 9.17) is 28.4 Å². The van der Waals surface area contributed by atoms with E-state index >= 15 is 0 Å². The van der Waals surface area contributed by atoms with Crippen LogP contribution >= 0.6 is 0 Å². The maximum Gasteiger partial charge on any atom is 0.220 e. The average molecular weight is 1160 g/mol. The summed E-state index contributed by atoms with van der Waals surface area (Å²) in [6.45, 7) is 1.64. The van der Waals surface area contributed by atoms with Crippen LogP contribution in [0, 0.1) is 0 Å². The molecule has 3 heterocycles.